The zero-order chi connectivity index (χ0) is 14.3. The Morgan fingerprint density at radius 3 is 2.42 bits per heavy atom. The predicted octanol–water partition coefficient (Wildman–Crippen LogP) is 2.47. The van der Waals surface area contributed by atoms with Crippen LogP contribution in [0, 0.1) is 0 Å². The number of nitrogens with zero attached hydrogens (tertiary/aromatic N) is 1. The van der Waals surface area contributed by atoms with Gasteiger partial charge in [0.05, 0.1) is 19.3 Å². The van der Waals surface area contributed by atoms with Crippen LogP contribution >= 0.6 is 0 Å². The average molecular weight is 265 g/mol. The number of benzene rings is 1. The first-order valence-electron chi connectivity index (χ1n) is 6.61. The van der Waals surface area contributed by atoms with Crippen molar-refractivity contribution in [1.82, 2.24) is 4.90 Å². The predicted molar refractivity (Wildman–Crippen MR) is 75.2 cm³/mol. The molecule has 1 aromatic rings. The summed E-state index contributed by atoms with van der Waals surface area (Å²) in [5.74, 6) is 0.677. The lowest BCUT2D eigenvalue weighted by molar-refractivity contribution is -0.148. The van der Waals surface area contributed by atoms with Crippen LogP contribution in [0.4, 0.5) is 0 Å². The number of ether oxygens (including phenoxy) is 2. The molecule has 0 amide bonds. The maximum atomic E-state index is 11.5. The van der Waals surface area contributed by atoms with Crippen LogP contribution in [0.15, 0.2) is 24.3 Å². The number of carbonyl (C=O) groups is 1. The van der Waals surface area contributed by atoms with E-state index in [1.54, 1.807) is 0 Å². The third kappa shape index (κ3) is 6.25. The van der Waals surface area contributed by atoms with E-state index in [4.69, 9.17) is 9.47 Å². The van der Waals surface area contributed by atoms with E-state index in [0.717, 1.165) is 11.3 Å². The lowest BCUT2D eigenvalue weighted by atomic mass is 10.2. The molecule has 4 nitrogen and oxygen atoms in total. The molecule has 0 saturated heterocycles. The highest BCUT2D eigenvalue weighted by Crippen LogP contribution is 2.13. The summed E-state index contributed by atoms with van der Waals surface area (Å²) < 4.78 is 10.5. The van der Waals surface area contributed by atoms with Crippen LogP contribution in [0.5, 0.6) is 5.75 Å². The number of rotatable bonds is 7. The van der Waals surface area contributed by atoms with Crippen LogP contribution in [0.1, 0.15) is 26.3 Å². The fourth-order valence-electron chi connectivity index (χ4n) is 1.75. The maximum absolute atomic E-state index is 11.5. The molecule has 1 aromatic carbocycles. The van der Waals surface area contributed by atoms with Crippen LogP contribution in [-0.2, 0) is 16.1 Å². The fraction of sp³-hybridized carbons (Fsp3) is 0.533. The molecule has 0 aromatic heterocycles. The molecule has 106 valence electrons. The van der Waals surface area contributed by atoms with Crippen molar-refractivity contribution in [3.8, 4) is 5.75 Å². The highest BCUT2D eigenvalue weighted by molar-refractivity contribution is 5.71. The highest BCUT2D eigenvalue weighted by Gasteiger charge is 2.09. The van der Waals surface area contributed by atoms with Crippen molar-refractivity contribution < 1.29 is 14.3 Å². The molecule has 0 bridgehead atoms. The summed E-state index contributed by atoms with van der Waals surface area (Å²) in [7, 11) is 1.90. The van der Waals surface area contributed by atoms with Crippen LogP contribution < -0.4 is 4.74 Å². The van der Waals surface area contributed by atoms with E-state index in [1.165, 1.54) is 0 Å². The molecular formula is C15H23NO3. The first-order valence-corrected chi connectivity index (χ1v) is 6.61. The van der Waals surface area contributed by atoms with E-state index in [-0.39, 0.29) is 12.1 Å². The molecule has 4 heteroatoms. The minimum Gasteiger partial charge on any atom is -0.494 e. The van der Waals surface area contributed by atoms with Gasteiger partial charge in [0.15, 0.2) is 0 Å². The number of likely N-dealkylation sites (N-methyl/N-ethyl adjacent to an activating group) is 1. The third-order valence-electron chi connectivity index (χ3n) is 2.45. The van der Waals surface area contributed by atoms with E-state index >= 15 is 0 Å². The molecule has 0 saturated carbocycles. The second-order valence-electron chi connectivity index (χ2n) is 4.79. The number of esters is 1. The Kier molecular flexibility index (Phi) is 6.36. The Morgan fingerprint density at radius 1 is 1.26 bits per heavy atom. The summed E-state index contributed by atoms with van der Waals surface area (Å²) >= 11 is 0. The SMILES string of the molecule is CCOc1ccc(CN(C)CC(=O)OC(C)C)cc1. The summed E-state index contributed by atoms with van der Waals surface area (Å²) in [4.78, 5) is 13.4. The van der Waals surface area contributed by atoms with Gasteiger partial charge in [0.2, 0.25) is 0 Å². The molecule has 0 heterocycles. The van der Waals surface area contributed by atoms with Gasteiger partial charge >= 0.3 is 5.97 Å². The smallest absolute Gasteiger partial charge is 0.320 e. The fourth-order valence-corrected chi connectivity index (χ4v) is 1.75. The van der Waals surface area contributed by atoms with Crippen LogP contribution in [0.25, 0.3) is 0 Å². The van der Waals surface area contributed by atoms with Gasteiger partial charge in [-0.15, -0.1) is 0 Å². The standard InChI is InChI=1S/C15H23NO3/c1-5-18-14-8-6-13(7-9-14)10-16(4)11-15(17)19-12(2)3/h6-9,12H,5,10-11H2,1-4H3. The molecule has 1 rings (SSSR count). The topological polar surface area (TPSA) is 38.8 Å². The number of carbonyl (C=O) groups excluding carboxylic acids is 1. The minimum atomic E-state index is -0.191. The molecule has 19 heavy (non-hydrogen) atoms. The van der Waals surface area contributed by atoms with Crippen molar-refractivity contribution in [1.29, 1.82) is 0 Å². The van der Waals surface area contributed by atoms with Gasteiger partial charge in [-0.3, -0.25) is 9.69 Å². The lowest BCUT2D eigenvalue weighted by Crippen LogP contribution is -2.28. The van der Waals surface area contributed by atoms with E-state index in [1.807, 2.05) is 57.0 Å². The number of hydrogen-bond donors (Lipinski definition) is 0. The molecule has 0 radical (unpaired) electrons. The highest BCUT2D eigenvalue weighted by atomic mass is 16.5. The quantitative estimate of drug-likeness (QED) is 0.710. The van der Waals surface area contributed by atoms with E-state index in [2.05, 4.69) is 0 Å². The molecule has 0 aliphatic rings. The summed E-state index contributed by atoms with van der Waals surface area (Å²) in [6.07, 6.45) is -0.0635. The van der Waals surface area contributed by atoms with Crippen molar-refractivity contribution >= 4 is 5.97 Å². The second-order valence-corrected chi connectivity index (χ2v) is 4.79. The normalized spacial score (nSPS) is 10.8. The zero-order valence-corrected chi connectivity index (χ0v) is 12.2. The van der Waals surface area contributed by atoms with Gasteiger partial charge in [0.25, 0.3) is 0 Å². The maximum Gasteiger partial charge on any atom is 0.320 e. The Hall–Kier alpha value is -1.55. The van der Waals surface area contributed by atoms with Gasteiger partial charge < -0.3 is 9.47 Å². The summed E-state index contributed by atoms with van der Waals surface area (Å²) in [5.41, 5.74) is 1.14. The summed E-state index contributed by atoms with van der Waals surface area (Å²) in [6.45, 7) is 7.34. The van der Waals surface area contributed by atoms with Crippen molar-refractivity contribution in [2.45, 2.75) is 33.4 Å². The van der Waals surface area contributed by atoms with Gasteiger partial charge in [0, 0.05) is 6.54 Å². The third-order valence-corrected chi connectivity index (χ3v) is 2.45. The van der Waals surface area contributed by atoms with Gasteiger partial charge in [-0.2, -0.15) is 0 Å². The largest absolute Gasteiger partial charge is 0.494 e. The summed E-state index contributed by atoms with van der Waals surface area (Å²) in [5, 5.41) is 0. The zero-order valence-electron chi connectivity index (χ0n) is 12.2. The van der Waals surface area contributed by atoms with Crippen molar-refractivity contribution in [3.63, 3.8) is 0 Å². The molecule has 0 aliphatic carbocycles. The number of hydrogen-bond acceptors (Lipinski definition) is 4. The van der Waals surface area contributed by atoms with Crippen molar-refractivity contribution in [2.24, 2.45) is 0 Å². The lowest BCUT2D eigenvalue weighted by Gasteiger charge is -2.17. The van der Waals surface area contributed by atoms with Gasteiger partial charge in [-0.1, -0.05) is 12.1 Å². The van der Waals surface area contributed by atoms with Crippen molar-refractivity contribution in [2.75, 3.05) is 20.2 Å². The molecule has 0 N–H and O–H groups in total. The second kappa shape index (κ2) is 7.79. The van der Waals surface area contributed by atoms with E-state index < -0.39 is 0 Å². The minimum absolute atomic E-state index is 0.0635. The molecule has 0 atom stereocenters. The van der Waals surface area contributed by atoms with Crippen LogP contribution in [0.2, 0.25) is 0 Å². The van der Waals surface area contributed by atoms with Gasteiger partial charge in [-0.05, 0) is 45.5 Å². The first-order chi connectivity index (χ1) is 9.01. The van der Waals surface area contributed by atoms with Crippen molar-refractivity contribution in [3.05, 3.63) is 29.8 Å². The molecule has 0 aliphatic heterocycles. The Bertz CT molecular complexity index is 387. The van der Waals surface area contributed by atoms with E-state index in [9.17, 15) is 4.79 Å². The first kappa shape index (κ1) is 15.5. The van der Waals surface area contributed by atoms with Crippen LogP contribution in [-0.4, -0.2) is 37.2 Å². The molecule has 0 fully saturated rings. The van der Waals surface area contributed by atoms with E-state index in [0.29, 0.717) is 19.7 Å². The Balaban J connectivity index is 2.43. The average Bonchev–Trinajstić information content (AvgIpc) is 2.30. The molecule has 0 unspecified atom stereocenters. The Morgan fingerprint density at radius 2 is 1.89 bits per heavy atom. The summed E-state index contributed by atoms with van der Waals surface area (Å²) in [6, 6.07) is 7.91. The van der Waals surface area contributed by atoms with Crippen LogP contribution in [0.3, 0.4) is 0 Å². The molecular weight excluding hydrogens is 242 g/mol. The van der Waals surface area contributed by atoms with Gasteiger partial charge in [-0.25, -0.2) is 0 Å². The molecule has 0 spiro atoms. The monoisotopic (exact) mass is 265 g/mol. The van der Waals surface area contributed by atoms with Gasteiger partial charge in [0.1, 0.15) is 5.75 Å². The Labute approximate surface area is 115 Å².